The average Bonchev–Trinajstić information content (AvgIpc) is 2.90. The van der Waals surface area contributed by atoms with Gasteiger partial charge in [-0.15, -0.1) is 0 Å². The highest BCUT2D eigenvalue weighted by Gasteiger charge is 2.45. The number of nitrogens with zero attached hydrogens (tertiary/aromatic N) is 2. The lowest BCUT2D eigenvalue weighted by atomic mass is 9.96. The Morgan fingerprint density at radius 3 is 2.18 bits per heavy atom. The fourth-order valence-electron chi connectivity index (χ4n) is 4.40. The first-order valence-electron chi connectivity index (χ1n) is 10.1. The number of piperidine rings is 1. The van der Waals surface area contributed by atoms with Crippen molar-refractivity contribution in [3.05, 3.63) is 35.4 Å². The first-order valence-corrected chi connectivity index (χ1v) is 10.1. The molecule has 6 heteroatoms. The Balaban J connectivity index is 1.59. The Kier molecular flexibility index (Phi) is 5.98. The van der Waals surface area contributed by atoms with E-state index in [9.17, 15) is 9.59 Å². The van der Waals surface area contributed by atoms with Gasteiger partial charge >= 0.3 is 12.1 Å². The highest BCUT2D eigenvalue weighted by Crippen LogP contribution is 2.38. The van der Waals surface area contributed by atoms with Gasteiger partial charge in [0.2, 0.25) is 0 Å². The summed E-state index contributed by atoms with van der Waals surface area (Å²) in [5, 5.41) is 0. The number of fused-ring (bicyclic) bond motifs is 2. The lowest BCUT2D eigenvalue weighted by Gasteiger charge is -2.42. The normalized spacial score (nSPS) is 24.4. The van der Waals surface area contributed by atoms with Crippen LogP contribution in [0.3, 0.4) is 0 Å². The van der Waals surface area contributed by atoms with Crippen molar-refractivity contribution >= 4 is 12.1 Å². The van der Waals surface area contributed by atoms with Crippen LogP contribution in [-0.2, 0) is 16.0 Å². The van der Waals surface area contributed by atoms with Gasteiger partial charge in [0.15, 0.2) is 0 Å². The summed E-state index contributed by atoms with van der Waals surface area (Å²) in [4.78, 5) is 28.5. The summed E-state index contributed by atoms with van der Waals surface area (Å²) < 4.78 is 10.4. The van der Waals surface area contributed by atoms with Gasteiger partial charge in [0, 0.05) is 24.7 Å². The van der Waals surface area contributed by atoms with Gasteiger partial charge in [-0.25, -0.2) is 9.59 Å². The predicted octanol–water partition coefficient (Wildman–Crippen LogP) is 3.84. The minimum Gasteiger partial charge on any atom is -0.465 e. The van der Waals surface area contributed by atoms with E-state index in [0.29, 0.717) is 11.6 Å². The number of hydrogen-bond donors (Lipinski definition) is 0. The molecule has 1 aromatic carbocycles. The van der Waals surface area contributed by atoms with Crippen molar-refractivity contribution in [3.63, 3.8) is 0 Å². The molecular weight excluding hydrogens is 356 g/mol. The molecule has 1 amide bonds. The third-order valence-corrected chi connectivity index (χ3v) is 5.74. The van der Waals surface area contributed by atoms with E-state index in [4.69, 9.17) is 9.47 Å². The molecule has 0 aliphatic carbocycles. The number of carbonyl (C=O) groups is 2. The summed E-state index contributed by atoms with van der Waals surface area (Å²) in [6.45, 7) is 6.56. The fourth-order valence-corrected chi connectivity index (χ4v) is 4.40. The summed E-state index contributed by atoms with van der Waals surface area (Å²) >= 11 is 0. The molecule has 2 aliphatic heterocycles. The van der Waals surface area contributed by atoms with Gasteiger partial charge in [-0.2, -0.15) is 0 Å². The van der Waals surface area contributed by atoms with Crippen LogP contribution in [0.15, 0.2) is 24.3 Å². The second-order valence-electron chi connectivity index (χ2n) is 9.00. The van der Waals surface area contributed by atoms with Gasteiger partial charge < -0.3 is 14.4 Å². The number of rotatable bonds is 4. The van der Waals surface area contributed by atoms with Crippen LogP contribution in [-0.4, -0.2) is 59.7 Å². The smallest absolute Gasteiger partial charge is 0.410 e. The van der Waals surface area contributed by atoms with Crippen molar-refractivity contribution in [1.82, 2.24) is 9.80 Å². The standard InChI is InChI=1S/C22H32N2O4/c1-22(2,3)28-21(26)24-17-10-11-18(24)13-19(12-17)23(4)14-15-6-8-16(9-7-15)20(25)27-5/h6-9,17-19H,10-14H2,1-5H3. The number of methoxy groups -OCH3 is 1. The maximum Gasteiger partial charge on any atom is 0.410 e. The molecular formula is C22H32N2O4. The SMILES string of the molecule is COC(=O)c1ccc(CN(C)C2CC3CCC(C2)N3C(=O)OC(C)(C)C)cc1. The zero-order valence-corrected chi connectivity index (χ0v) is 17.6. The van der Waals surface area contributed by atoms with Crippen LogP contribution in [0.5, 0.6) is 0 Å². The van der Waals surface area contributed by atoms with Crippen molar-refractivity contribution in [2.75, 3.05) is 14.2 Å². The summed E-state index contributed by atoms with van der Waals surface area (Å²) in [7, 11) is 3.53. The van der Waals surface area contributed by atoms with Gasteiger partial charge in [0.05, 0.1) is 12.7 Å². The lowest BCUT2D eigenvalue weighted by Crippen LogP contribution is -2.52. The maximum atomic E-state index is 12.6. The van der Waals surface area contributed by atoms with Crippen molar-refractivity contribution in [1.29, 1.82) is 0 Å². The Bertz CT molecular complexity index is 696. The summed E-state index contributed by atoms with van der Waals surface area (Å²) in [6, 6.07) is 8.55. The third-order valence-electron chi connectivity index (χ3n) is 5.74. The molecule has 3 rings (SSSR count). The highest BCUT2D eigenvalue weighted by atomic mass is 16.6. The number of ether oxygens (including phenoxy) is 2. The molecule has 0 N–H and O–H groups in total. The molecule has 2 bridgehead atoms. The number of carbonyl (C=O) groups excluding carboxylic acids is 2. The number of esters is 1. The largest absolute Gasteiger partial charge is 0.465 e. The second-order valence-corrected chi connectivity index (χ2v) is 9.00. The molecule has 2 aliphatic rings. The zero-order valence-electron chi connectivity index (χ0n) is 17.6. The van der Waals surface area contributed by atoms with Crippen molar-refractivity contribution in [3.8, 4) is 0 Å². The Morgan fingerprint density at radius 2 is 1.68 bits per heavy atom. The lowest BCUT2D eigenvalue weighted by molar-refractivity contribution is -0.00279. The van der Waals surface area contributed by atoms with E-state index in [-0.39, 0.29) is 24.1 Å². The Hall–Kier alpha value is -2.08. The number of hydrogen-bond acceptors (Lipinski definition) is 5. The minimum absolute atomic E-state index is 0.167. The molecule has 0 saturated carbocycles. The molecule has 0 radical (unpaired) electrons. The van der Waals surface area contributed by atoms with Gasteiger partial charge in [-0.1, -0.05) is 12.1 Å². The van der Waals surface area contributed by atoms with E-state index in [1.165, 1.54) is 7.11 Å². The van der Waals surface area contributed by atoms with Crippen molar-refractivity contribution in [2.45, 2.75) is 76.7 Å². The van der Waals surface area contributed by atoms with E-state index in [0.717, 1.165) is 37.8 Å². The topological polar surface area (TPSA) is 59.1 Å². The van der Waals surface area contributed by atoms with E-state index < -0.39 is 5.60 Å². The van der Waals surface area contributed by atoms with Crippen LogP contribution < -0.4 is 0 Å². The molecule has 2 unspecified atom stereocenters. The Morgan fingerprint density at radius 1 is 1.11 bits per heavy atom. The van der Waals surface area contributed by atoms with Gasteiger partial charge in [-0.3, -0.25) is 4.90 Å². The first kappa shape index (κ1) is 20.6. The molecule has 28 heavy (non-hydrogen) atoms. The molecule has 0 spiro atoms. The van der Waals surface area contributed by atoms with Crippen LogP contribution in [0.4, 0.5) is 4.79 Å². The van der Waals surface area contributed by atoms with E-state index in [2.05, 4.69) is 11.9 Å². The van der Waals surface area contributed by atoms with Crippen LogP contribution in [0.1, 0.15) is 62.4 Å². The van der Waals surface area contributed by atoms with Gasteiger partial charge in [-0.05, 0) is 71.2 Å². The Labute approximate surface area is 167 Å². The van der Waals surface area contributed by atoms with E-state index in [1.807, 2.05) is 49.9 Å². The summed E-state index contributed by atoms with van der Waals surface area (Å²) in [5.74, 6) is -0.314. The average molecular weight is 389 g/mol. The first-order chi connectivity index (χ1) is 13.2. The monoisotopic (exact) mass is 388 g/mol. The van der Waals surface area contributed by atoms with Crippen LogP contribution in [0.2, 0.25) is 0 Å². The highest BCUT2D eigenvalue weighted by molar-refractivity contribution is 5.89. The maximum absolute atomic E-state index is 12.6. The summed E-state index contributed by atoms with van der Waals surface area (Å²) in [6.07, 6.45) is 3.91. The molecule has 0 aromatic heterocycles. The van der Waals surface area contributed by atoms with Crippen LogP contribution in [0, 0.1) is 0 Å². The zero-order chi connectivity index (χ0) is 20.5. The fraction of sp³-hybridized carbons (Fsp3) is 0.636. The number of amides is 1. The minimum atomic E-state index is -0.458. The van der Waals surface area contributed by atoms with Gasteiger partial charge in [0.1, 0.15) is 5.60 Å². The molecule has 2 fully saturated rings. The third kappa shape index (κ3) is 4.66. The quantitative estimate of drug-likeness (QED) is 0.734. The molecule has 2 saturated heterocycles. The van der Waals surface area contributed by atoms with Crippen LogP contribution >= 0.6 is 0 Å². The molecule has 6 nitrogen and oxygen atoms in total. The van der Waals surface area contributed by atoms with Gasteiger partial charge in [0.25, 0.3) is 0 Å². The number of benzene rings is 1. The van der Waals surface area contributed by atoms with E-state index >= 15 is 0 Å². The molecule has 1 aromatic rings. The molecule has 154 valence electrons. The van der Waals surface area contributed by atoms with Crippen LogP contribution in [0.25, 0.3) is 0 Å². The van der Waals surface area contributed by atoms with E-state index in [1.54, 1.807) is 0 Å². The molecule has 2 atom stereocenters. The van der Waals surface area contributed by atoms with Crippen molar-refractivity contribution in [2.24, 2.45) is 0 Å². The summed E-state index contributed by atoms with van der Waals surface area (Å²) in [5.41, 5.74) is 1.27. The second kappa shape index (κ2) is 8.11. The predicted molar refractivity (Wildman–Crippen MR) is 107 cm³/mol. The molecule has 2 heterocycles. The van der Waals surface area contributed by atoms with Crippen molar-refractivity contribution < 1.29 is 19.1 Å².